The van der Waals surface area contributed by atoms with Crippen LogP contribution in [0.3, 0.4) is 0 Å². The molecule has 0 spiro atoms. The molecule has 3 rings (SSSR count). The molecule has 5 heteroatoms. The van der Waals surface area contributed by atoms with E-state index in [-0.39, 0.29) is 12.1 Å². The van der Waals surface area contributed by atoms with E-state index in [1.54, 1.807) is 0 Å². The SMILES string of the molecule is CC(=O)Oc1c(C)c(C)c2c(c1C)CCC(CC(=S)Nc1ccccc1)O2. The highest BCUT2D eigenvalue weighted by Crippen LogP contribution is 2.41. The van der Waals surface area contributed by atoms with Gasteiger partial charge in [-0.2, -0.15) is 0 Å². The fourth-order valence-corrected chi connectivity index (χ4v) is 3.83. The summed E-state index contributed by atoms with van der Waals surface area (Å²) >= 11 is 5.52. The second-order valence-electron chi connectivity index (χ2n) is 7.00. The summed E-state index contributed by atoms with van der Waals surface area (Å²) in [7, 11) is 0. The molecule has 4 nitrogen and oxygen atoms in total. The highest BCUT2D eigenvalue weighted by molar-refractivity contribution is 7.80. The molecule has 1 N–H and O–H groups in total. The van der Waals surface area contributed by atoms with Crippen molar-refractivity contribution in [2.75, 3.05) is 5.32 Å². The van der Waals surface area contributed by atoms with Crippen LogP contribution in [0.4, 0.5) is 5.69 Å². The van der Waals surface area contributed by atoms with Gasteiger partial charge in [-0.25, -0.2) is 0 Å². The Bertz CT molecular complexity index is 877. The zero-order valence-corrected chi connectivity index (χ0v) is 17.0. The lowest BCUT2D eigenvalue weighted by Crippen LogP contribution is -2.28. The van der Waals surface area contributed by atoms with Crippen LogP contribution in [0.2, 0.25) is 0 Å². The first kappa shape index (κ1) is 19.4. The molecular formula is C22H25NO3S. The van der Waals surface area contributed by atoms with Gasteiger partial charge < -0.3 is 14.8 Å². The van der Waals surface area contributed by atoms with Gasteiger partial charge >= 0.3 is 5.97 Å². The largest absolute Gasteiger partial charge is 0.489 e. The zero-order chi connectivity index (χ0) is 19.6. The number of esters is 1. The van der Waals surface area contributed by atoms with Crippen molar-refractivity contribution in [3.05, 3.63) is 52.6 Å². The first-order chi connectivity index (χ1) is 12.9. The van der Waals surface area contributed by atoms with Gasteiger partial charge in [0.2, 0.25) is 0 Å². The minimum Gasteiger partial charge on any atom is -0.489 e. The number of benzene rings is 2. The molecule has 0 fully saturated rings. The van der Waals surface area contributed by atoms with Crippen LogP contribution in [-0.4, -0.2) is 17.1 Å². The lowest BCUT2D eigenvalue weighted by atomic mass is 9.91. The standard InChI is InChI=1S/C22H25NO3S/c1-13-14(2)22-19(15(3)21(13)25-16(4)24)11-10-18(26-22)12-20(27)23-17-8-6-5-7-9-17/h5-9,18H,10-12H2,1-4H3,(H,23,27). The molecule has 2 aromatic carbocycles. The molecule has 0 radical (unpaired) electrons. The number of thiocarbonyl (C=S) groups is 1. The number of fused-ring (bicyclic) bond motifs is 1. The maximum atomic E-state index is 11.4. The number of carbonyl (C=O) groups excluding carboxylic acids is 1. The van der Waals surface area contributed by atoms with E-state index in [1.807, 2.05) is 51.1 Å². The van der Waals surface area contributed by atoms with E-state index >= 15 is 0 Å². The first-order valence-electron chi connectivity index (χ1n) is 9.19. The minimum absolute atomic E-state index is 0.0401. The van der Waals surface area contributed by atoms with Gasteiger partial charge in [-0.1, -0.05) is 30.4 Å². The highest BCUT2D eigenvalue weighted by atomic mass is 32.1. The number of rotatable bonds is 4. The van der Waals surface area contributed by atoms with Crippen molar-refractivity contribution in [2.24, 2.45) is 0 Å². The van der Waals surface area contributed by atoms with E-state index in [2.05, 4.69) is 5.32 Å². The van der Waals surface area contributed by atoms with Crippen molar-refractivity contribution in [2.45, 2.75) is 53.1 Å². The van der Waals surface area contributed by atoms with Gasteiger partial charge in [0, 0.05) is 24.6 Å². The lowest BCUT2D eigenvalue weighted by molar-refractivity contribution is -0.132. The van der Waals surface area contributed by atoms with Crippen LogP contribution in [0.5, 0.6) is 11.5 Å². The van der Waals surface area contributed by atoms with Crippen molar-refractivity contribution in [1.82, 2.24) is 0 Å². The molecule has 1 unspecified atom stereocenters. The first-order valence-corrected chi connectivity index (χ1v) is 9.60. The van der Waals surface area contributed by atoms with E-state index in [0.29, 0.717) is 12.2 Å². The van der Waals surface area contributed by atoms with Crippen LogP contribution in [0.25, 0.3) is 0 Å². The summed E-state index contributed by atoms with van der Waals surface area (Å²) in [4.78, 5) is 12.2. The van der Waals surface area contributed by atoms with E-state index in [4.69, 9.17) is 21.7 Å². The lowest BCUT2D eigenvalue weighted by Gasteiger charge is -2.30. The van der Waals surface area contributed by atoms with Gasteiger partial charge in [0.1, 0.15) is 17.6 Å². The van der Waals surface area contributed by atoms with Crippen LogP contribution < -0.4 is 14.8 Å². The molecular weight excluding hydrogens is 358 g/mol. The highest BCUT2D eigenvalue weighted by Gasteiger charge is 2.27. The molecule has 1 aliphatic heterocycles. The topological polar surface area (TPSA) is 47.6 Å². The Morgan fingerprint density at radius 2 is 1.89 bits per heavy atom. The second-order valence-corrected chi connectivity index (χ2v) is 7.50. The summed E-state index contributed by atoms with van der Waals surface area (Å²) in [6.45, 7) is 7.41. The number of carbonyl (C=O) groups is 1. The van der Waals surface area contributed by atoms with Crippen molar-refractivity contribution in [1.29, 1.82) is 0 Å². The number of para-hydroxylation sites is 1. The van der Waals surface area contributed by atoms with Crippen molar-refractivity contribution in [3.8, 4) is 11.5 Å². The summed E-state index contributed by atoms with van der Waals surface area (Å²) in [6.07, 6.45) is 2.48. The van der Waals surface area contributed by atoms with Crippen molar-refractivity contribution >= 4 is 28.9 Å². The number of anilines is 1. The van der Waals surface area contributed by atoms with E-state index in [9.17, 15) is 4.79 Å². The van der Waals surface area contributed by atoms with E-state index < -0.39 is 0 Å². The molecule has 1 atom stereocenters. The van der Waals surface area contributed by atoms with E-state index in [0.717, 1.165) is 51.5 Å². The second kappa shape index (κ2) is 8.09. The molecule has 0 bridgehead atoms. The monoisotopic (exact) mass is 383 g/mol. The Morgan fingerprint density at radius 1 is 1.19 bits per heavy atom. The quantitative estimate of drug-likeness (QED) is 0.454. The van der Waals surface area contributed by atoms with Crippen LogP contribution >= 0.6 is 12.2 Å². The fourth-order valence-electron chi connectivity index (χ4n) is 3.53. The van der Waals surface area contributed by atoms with Gasteiger partial charge in [0.15, 0.2) is 0 Å². The number of hydrogen-bond donors (Lipinski definition) is 1. The third-order valence-electron chi connectivity index (χ3n) is 5.03. The zero-order valence-electron chi connectivity index (χ0n) is 16.2. The van der Waals surface area contributed by atoms with Crippen LogP contribution in [-0.2, 0) is 11.2 Å². The van der Waals surface area contributed by atoms with Gasteiger partial charge in [-0.05, 0) is 62.4 Å². The average Bonchev–Trinajstić information content (AvgIpc) is 2.64. The molecule has 0 aromatic heterocycles. The van der Waals surface area contributed by atoms with Crippen molar-refractivity contribution in [3.63, 3.8) is 0 Å². The predicted octanol–water partition coefficient (Wildman–Crippen LogP) is 5.06. The molecule has 1 heterocycles. The number of nitrogens with one attached hydrogen (secondary N) is 1. The Morgan fingerprint density at radius 3 is 2.56 bits per heavy atom. The summed E-state index contributed by atoms with van der Waals surface area (Å²) in [6, 6.07) is 9.93. The molecule has 0 saturated heterocycles. The molecule has 2 aromatic rings. The molecule has 0 aliphatic carbocycles. The Hall–Kier alpha value is -2.40. The predicted molar refractivity (Wildman–Crippen MR) is 112 cm³/mol. The molecule has 1 aliphatic rings. The maximum absolute atomic E-state index is 11.4. The average molecular weight is 384 g/mol. The molecule has 0 saturated carbocycles. The minimum atomic E-state index is -0.299. The van der Waals surface area contributed by atoms with Gasteiger partial charge in [-0.3, -0.25) is 4.79 Å². The molecule has 27 heavy (non-hydrogen) atoms. The van der Waals surface area contributed by atoms with Crippen LogP contribution in [0, 0.1) is 20.8 Å². The summed E-state index contributed by atoms with van der Waals surface area (Å²) < 4.78 is 11.8. The summed E-state index contributed by atoms with van der Waals surface area (Å²) in [5.74, 6) is 1.29. The Labute approximate surface area is 165 Å². The molecule has 142 valence electrons. The van der Waals surface area contributed by atoms with Crippen molar-refractivity contribution < 1.29 is 14.3 Å². The summed E-state index contributed by atoms with van der Waals surface area (Å²) in [5.41, 5.74) is 5.09. The third kappa shape index (κ3) is 4.30. The van der Waals surface area contributed by atoms with Gasteiger partial charge in [0.25, 0.3) is 0 Å². The molecule has 0 amide bonds. The fraction of sp³-hybridized carbons (Fsp3) is 0.364. The third-order valence-corrected chi connectivity index (χ3v) is 5.30. The summed E-state index contributed by atoms with van der Waals surface area (Å²) in [5, 5.41) is 3.28. The van der Waals surface area contributed by atoms with Crippen LogP contribution in [0.1, 0.15) is 42.0 Å². The van der Waals surface area contributed by atoms with Crippen LogP contribution in [0.15, 0.2) is 30.3 Å². The number of hydrogen-bond acceptors (Lipinski definition) is 4. The van der Waals surface area contributed by atoms with Gasteiger partial charge in [0.05, 0.1) is 4.99 Å². The number of ether oxygens (including phenoxy) is 2. The normalized spacial score (nSPS) is 15.5. The smallest absolute Gasteiger partial charge is 0.308 e. The maximum Gasteiger partial charge on any atom is 0.308 e. The van der Waals surface area contributed by atoms with E-state index in [1.165, 1.54) is 6.92 Å². The Kier molecular flexibility index (Phi) is 5.80. The van der Waals surface area contributed by atoms with Gasteiger partial charge in [-0.15, -0.1) is 0 Å². The Balaban J connectivity index is 1.76.